The maximum atomic E-state index is 12.7. The molecular weight excluding hydrogens is 209 g/mol. The number of methoxy groups -OCH3 is 1. The van der Waals surface area contributed by atoms with Gasteiger partial charge in [0.05, 0.1) is 13.7 Å². The highest BCUT2D eigenvalue weighted by Gasteiger charge is 2.41. The van der Waals surface area contributed by atoms with Crippen molar-refractivity contribution in [3.63, 3.8) is 0 Å². The third kappa shape index (κ3) is 1.92. The van der Waals surface area contributed by atoms with Gasteiger partial charge in [-0.2, -0.15) is 13.2 Å². The Morgan fingerprint density at radius 2 is 2.07 bits per heavy atom. The summed E-state index contributed by atoms with van der Waals surface area (Å²) in [5.41, 5.74) is -0.572. The molecule has 1 heterocycles. The van der Waals surface area contributed by atoms with Crippen LogP contribution in [0, 0.1) is 0 Å². The van der Waals surface area contributed by atoms with Crippen LogP contribution in [-0.2, 0) is 10.9 Å². The van der Waals surface area contributed by atoms with Crippen LogP contribution >= 0.6 is 0 Å². The fraction of sp³-hybridized carbons (Fsp3) is 0.400. The molecule has 82 valence electrons. The SMILES string of the molecule is COc1cccc(C2CO2)c1C(F)(F)F. The van der Waals surface area contributed by atoms with Gasteiger partial charge in [0, 0.05) is 0 Å². The Bertz CT molecular complexity index is 369. The molecule has 1 saturated heterocycles. The summed E-state index contributed by atoms with van der Waals surface area (Å²) < 4.78 is 47.8. The van der Waals surface area contributed by atoms with Gasteiger partial charge in [0.2, 0.25) is 0 Å². The molecule has 1 aliphatic rings. The van der Waals surface area contributed by atoms with Crippen LogP contribution in [0.25, 0.3) is 0 Å². The van der Waals surface area contributed by atoms with E-state index >= 15 is 0 Å². The molecule has 0 N–H and O–H groups in total. The van der Waals surface area contributed by atoms with Gasteiger partial charge in [0.15, 0.2) is 0 Å². The first-order valence-corrected chi connectivity index (χ1v) is 4.39. The van der Waals surface area contributed by atoms with Gasteiger partial charge in [-0.3, -0.25) is 0 Å². The molecule has 0 radical (unpaired) electrons. The highest BCUT2D eigenvalue weighted by Crippen LogP contribution is 2.44. The predicted molar refractivity (Wildman–Crippen MR) is 46.7 cm³/mol. The molecule has 0 amide bonds. The number of epoxide rings is 1. The van der Waals surface area contributed by atoms with E-state index in [2.05, 4.69) is 0 Å². The van der Waals surface area contributed by atoms with Crippen LogP contribution in [0.5, 0.6) is 5.75 Å². The van der Waals surface area contributed by atoms with Gasteiger partial charge < -0.3 is 9.47 Å². The van der Waals surface area contributed by atoms with Gasteiger partial charge >= 0.3 is 6.18 Å². The lowest BCUT2D eigenvalue weighted by Crippen LogP contribution is -2.11. The zero-order chi connectivity index (χ0) is 11.1. The summed E-state index contributed by atoms with van der Waals surface area (Å²) in [4.78, 5) is 0. The highest BCUT2D eigenvalue weighted by atomic mass is 19.4. The lowest BCUT2D eigenvalue weighted by Gasteiger charge is -2.15. The van der Waals surface area contributed by atoms with Crippen molar-refractivity contribution >= 4 is 0 Å². The maximum Gasteiger partial charge on any atom is 0.420 e. The van der Waals surface area contributed by atoms with Crippen LogP contribution in [0.4, 0.5) is 13.2 Å². The van der Waals surface area contributed by atoms with E-state index < -0.39 is 17.8 Å². The van der Waals surface area contributed by atoms with Crippen molar-refractivity contribution in [1.29, 1.82) is 0 Å². The monoisotopic (exact) mass is 218 g/mol. The smallest absolute Gasteiger partial charge is 0.420 e. The fourth-order valence-corrected chi connectivity index (χ4v) is 1.52. The van der Waals surface area contributed by atoms with Gasteiger partial charge in [-0.1, -0.05) is 12.1 Å². The third-order valence-electron chi connectivity index (χ3n) is 2.24. The van der Waals surface area contributed by atoms with E-state index in [4.69, 9.17) is 9.47 Å². The van der Waals surface area contributed by atoms with Crippen molar-refractivity contribution in [3.05, 3.63) is 29.3 Å². The van der Waals surface area contributed by atoms with Crippen molar-refractivity contribution in [3.8, 4) is 5.75 Å². The van der Waals surface area contributed by atoms with E-state index in [1.54, 1.807) is 0 Å². The number of benzene rings is 1. The Hall–Kier alpha value is -1.23. The maximum absolute atomic E-state index is 12.7. The molecule has 1 atom stereocenters. The molecule has 1 aliphatic heterocycles. The number of halogens is 3. The van der Waals surface area contributed by atoms with Gasteiger partial charge in [-0.25, -0.2) is 0 Å². The molecule has 15 heavy (non-hydrogen) atoms. The summed E-state index contributed by atoms with van der Waals surface area (Å²) in [6, 6.07) is 4.25. The molecule has 1 unspecified atom stereocenters. The summed E-state index contributed by atoms with van der Waals surface area (Å²) in [6.45, 7) is 0.343. The van der Waals surface area contributed by atoms with Gasteiger partial charge in [-0.15, -0.1) is 0 Å². The first-order chi connectivity index (χ1) is 7.04. The second kappa shape index (κ2) is 3.41. The summed E-state index contributed by atoms with van der Waals surface area (Å²) in [6.07, 6.45) is -4.84. The molecular formula is C10H9F3O2. The van der Waals surface area contributed by atoms with E-state index in [9.17, 15) is 13.2 Å². The zero-order valence-corrected chi connectivity index (χ0v) is 7.97. The summed E-state index contributed by atoms with van der Waals surface area (Å²) in [5, 5.41) is 0. The Kier molecular flexibility index (Phi) is 2.34. The van der Waals surface area contributed by atoms with E-state index in [1.807, 2.05) is 0 Å². The largest absolute Gasteiger partial charge is 0.496 e. The van der Waals surface area contributed by atoms with Crippen molar-refractivity contribution < 1.29 is 22.6 Å². The van der Waals surface area contributed by atoms with E-state index in [0.29, 0.717) is 6.61 Å². The molecule has 2 rings (SSSR count). The molecule has 2 nitrogen and oxygen atoms in total. The Morgan fingerprint density at radius 1 is 1.40 bits per heavy atom. The lowest BCUT2D eigenvalue weighted by atomic mass is 10.0. The molecule has 0 aliphatic carbocycles. The second-order valence-electron chi connectivity index (χ2n) is 3.24. The van der Waals surface area contributed by atoms with Crippen LogP contribution < -0.4 is 4.74 Å². The topological polar surface area (TPSA) is 21.8 Å². The molecule has 0 saturated carbocycles. The van der Waals surface area contributed by atoms with E-state index in [-0.39, 0.29) is 11.3 Å². The highest BCUT2D eigenvalue weighted by molar-refractivity contribution is 5.44. The molecule has 1 aromatic carbocycles. The lowest BCUT2D eigenvalue weighted by molar-refractivity contribution is -0.139. The minimum atomic E-state index is -4.41. The molecule has 1 aromatic rings. The van der Waals surface area contributed by atoms with Gasteiger partial charge in [-0.05, 0) is 11.6 Å². The van der Waals surface area contributed by atoms with E-state index in [0.717, 1.165) is 0 Å². The predicted octanol–water partition coefficient (Wildman–Crippen LogP) is 2.79. The third-order valence-corrected chi connectivity index (χ3v) is 2.24. The zero-order valence-electron chi connectivity index (χ0n) is 7.97. The number of hydrogen-bond acceptors (Lipinski definition) is 2. The average molecular weight is 218 g/mol. The van der Waals surface area contributed by atoms with Crippen LogP contribution in [0.3, 0.4) is 0 Å². The molecule has 5 heteroatoms. The van der Waals surface area contributed by atoms with Crippen molar-refractivity contribution in [1.82, 2.24) is 0 Å². The van der Waals surface area contributed by atoms with Gasteiger partial charge in [0.25, 0.3) is 0 Å². The van der Waals surface area contributed by atoms with Crippen LogP contribution in [0.1, 0.15) is 17.2 Å². The van der Waals surface area contributed by atoms with Crippen molar-refractivity contribution in [2.24, 2.45) is 0 Å². The first kappa shape index (κ1) is 10.3. The Labute approximate surface area is 84.6 Å². The second-order valence-corrected chi connectivity index (χ2v) is 3.24. The Balaban J connectivity index is 2.54. The molecule has 0 aromatic heterocycles. The number of rotatable bonds is 2. The summed E-state index contributed by atoms with van der Waals surface area (Å²) in [5.74, 6) is -0.157. The van der Waals surface area contributed by atoms with Crippen molar-refractivity contribution in [2.45, 2.75) is 12.3 Å². The number of hydrogen-bond donors (Lipinski definition) is 0. The van der Waals surface area contributed by atoms with Crippen LogP contribution in [0.2, 0.25) is 0 Å². The molecule has 0 bridgehead atoms. The summed E-state index contributed by atoms with van der Waals surface area (Å²) in [7, 11) is 1.22. The standard InChI is InChI=1S/C10H9F3O2/c1-14-7-4-2-3-6(8-5-15-8)9(7)10(11,12)13/h2-4,8H,5H2,1H3. The minimum Gasteiger partial charge on any atom is -0.496 e. The quantitative estimate of drug-likeness (QED) is 0.712. The fourth-order valence-electron chi connectivity index (χ4n) is 1.52. The molecule has 0 spiro atoms. The number of ether oxygens (including phenoxy) is 2. The normalized spacial score (nSPS) is 20.1. The Morgan fingerprint density at radius 3 is 2.53 bits per heavy atom. The first-order valence-electron chi connectivity index (χ1n) is 4.39. The summed E-state index contributed by atoms with van der Waals surface area (Å²) >= 11 is 0. The molecule has 1 fully saturated rings. The van der Waals surface area contributed by atoms with Crippen molar-refractivity contribution in [2.75, 3.05) is 13.7 Å². The van der Waals surface area contributed by atoms with E-state index in [1.165, 1.54) is 25.3 Å². The van der Waals surface area contributed by atoms with Gasteiger partial charge in [0.1, 0.15) is 17.4 Å². The number of alkyl halides is 3. The minimum absolute atomic E-state index is 0.154. The average Bonchev–Trinajstić information content (AvgIpc) is 2.98. The van der Waals surface area contributed by atoms with Crippen LogP contribution in [-0.4, -0.2) is 13.7 Å². The van der Waals surface area contributed by atoms with Crippen LogP contribution in [0.15, 0.2) is 18.2 Å².